The molecule has 15 heteroatoms. The molecule has 3 N–H and O–H groups in total. The lowest BCUT2D eigenvalue weighted by Crippen LogP contribution is -2.47. The van der Waals surface area contributed by atoms with Crippen molar-refractivity contribution in [2.75, 3.05) is 44.2 Å². The Hall–Kier alpha value is -5.08. The summed E-state index contributed by atoms with van der Waals surface area (Å²) < 4.78 is 41.4. The monoisotopic (exact) mass is 886 g/mol. The van der Waals surface area contributed by atoms with Gasteiger partial charge in [-0.2, -0.15) is 0 Å². The standard InChI is InChI=1S/C46H52Cl2N6O6S/c1-6-29(2)40(30(3)55)28-59-45-41(48)23-37(26-51-45)61(57,58)52-44(56)38-12-11-35(22-42(38)60-36-21-32-14-16-49-43(32)50-25-36)54-19-17-53(18-20-54)27-33-13-15-46(4,5)24-39(33)31-7-9-34(47)10-8-31/h7-12,14,16,21-23,25-26,29,55H,6,13,15,17-20,24,27-28H2,1-5H3,(H,49,50)(H,52,56)/b40-30+. The van der Waals surface area contributed by atoms with E-state index in [1.54, 1.807) is 37.5 Å². The van der Waals surface area contributed by atoms with Gasteiger partial charge in [-0.1, -0.05) is 68.6 Å². The number of pyridine rings is 2. The van der Waals surface area contributed by atoms with Gasteiger partial charge in [0.1, 0.15) is 33.7 Å². The summed E-state index contributed by atoms with van der Waals surface area (Å²) in [7, 11) is -4.45. The Kier molecular flexibility index (Phi) is 13.3. The second kappa shape index (κ2) is 18.5. The number of aromatic nitrogens is 3. The van der Waals surface area contributed by atoms with Crippen molar-refractivity contribution in [3.05, 3.63) is 117 Å². The highest BCUT2D eigenvalue weighted by Gasteiger charge is 2.30. The van der Waals surface area contributed by atoms with Crippen molar-refractivity contribution in [3.8, 4) is 17.4 Å². The summed E-state index contributed by atoms with van der Waals surface area (Å²) >= 11 is 12.7. The van der Waals surface area contributed by atoms with E-state index >= 15 is 0 Å². The zero-order valence-electron chi connectivity index (χ0n) is 35.1. The van der Waals surface area contributed by atoms with Crippen molar-refractivity contribution in [3.63, 3.8) is 0 Å². The number of rotatable bonds is 14. The second-order valence-corrected chi connectivity index (χ2v) is 19.2. The molecule has 1 aliphatic heterocycles. The molecule has 0 spiro atoms. The highest BCUT2D eigenvalue weighted by Crippen LogP contribution is 2.43. The van der Waals surface area contributed by atoms with E-state index in [4.69, 9.17) is 32.7 Å². The van der Waals surface area contributed by atoms with E-state index in [0.29, 0.717) is 17.0 Å². The number of amides is 1. The number of anilines is 1. The molecule has 1 saturated heterocycles. The first-order chi connectivity index (χ1) is 29.1. The number of benzene rings is 2. The number of aliphatic hydroxyl groups is 1. The molecule has 0 bridgehead atoms. The van der Waals surface area contributed by atoms with E-state index in [2.05, 4.69) is 55.5 Å². The molecular weight excluding hydrogens is 836 g/mol. The van der Waals surface area contributed by atoms with Crippen molar-refractivity contribution >= 4 is 61.4 Å². The molecule has 322 valence electrons. The van der Waals surface area contributed by atoms with Crippen LogP contribution in [0.15, 0.2) is 101 Å². The maximum Gasteiger partial charge on any atom is 0.268 e. The van der Waals surface area contributed by atoms with Crippen molar-refractivity contribution in [1.82, 2.24) is 24.6 Å². The Morgan fingerprint density at radius 3 is 2.48 bits per heavy atom. The topological polar surface area (TPSA) is 150 Å². The van der Waals surface area contributed by atoms with Crippen LogP contribution in [0.25, 0.3) is 16.6 Å². The normalized spacial score (nSPS) is 16.9. The van der Waals surface area contributed by atoms with Crippen LogP contribution in [-0.4, -0.2) is 78.6 Å². The summed E-state index contributed by atoms with van der Waals surface area (Å²) in [5, 5.41) is 11.6. The van der Waals surface area contributed by atoms with Gasteiger partial charge in [-0.25, -0.2) is 23.1 Å². The van der Waals surface area contributed by atoms with Crippen LogP contribution in [-0.2, 0) is 10.0 Å². The van der Waals surface area contributed by atoms with E-state index in [1.165, 1.54) is 22.8 Å². The lowest BCUT2D eigenvalue weighted by molar-refractivity contribution is 0.0979. The molecule has 61 heavy (non-hydrogen) atoms. The molecule has 7 rings (SSSR count). The van der Waals surface area contributed by atoms with Gasteiger partial charge in [-0.05, 0) is 97.5 Å². The summed E-state index contributed by atoms with van der Waals surface area (Å²) in [6.07, 6.45) is 8.39. The van der Waals surface area contributed by atoms with Crippen LogP contribution in [0.1, 0.15) is 76.2 Å². The fourth-order valence-corrected chi connectivity index (χ4v) is 9.22. The average molecular weight is 888 g/mol. The Morgan fingerprint density at radius 2 is 1.77 bits per heavy atom. The van der Waals surface area contributed by atoms with Crippen molar-refractivity contribution < 1.29 is 27.8 Å². The molecule has 5 aromatic rings. The summed E-state index contributed by atoms with van der Waals surface area (Å²) in [5.74, 6) is -0.175. The number of piperazine rings is 1. The maximum absolute atomic E-state index is 13.9. The number of aromatic amines is 1. The van der Waals surface area contributed by atoms with E-state index in [-0.39, 0.29) is 50.8 Å². The number of fused-ring (bicyclic) bond motifs is 1. The van der Waals surface area contributed by atoms with Gasteiger partial charge in [0.15, 0.2) is 0 Å². The molecule has 0 radical (unpaired) electrons. The Bertz CT molecular complexity index is 2580. The zero-order chi connectivity index (χ0) is 43.5. The minimum absolute atomic E-state index is 0.00441. The number of aliphatic hydroxyl groups excluding tert-OH is 1. The van der Waals surface area contributed by atoms with Gasteiger partial charge in [0.25, 0.3) is 15.9 Å². The quantitative estimate of drug-likeness (QED) is 0.0920. The molecule has 2 aromatic carbocycles. The molecule has 1 unspecified atom stereocenters. The Balaban J connectivity index is 1.08. The number of hydrogen-bond acceptors (Lipinski definition) is 10. The lowest BCUT2D eigenvalue weighted by atomic mass is 9.72. The summed E-state index contributed by atoms with van der Waals surface area (Å²) in [5.41, 5.74) is 6.56. The molecule has 4 heterocycles. The third-order valence-electron chi connectivity index (χ3n) is 11.7. The molecule has 0 saturated carbocycles. The average Bonchev–Trinajstić information content (AvgIpc) is 3.70. The fraction of sp³-hybridized carbons (Fsp3) is 0.370. The molecule has 12 nitrogen and oxygen atoms in total. The first-order valence-corrected chi connectivity index (χ1v) is 22.8. The second-order valence-electron chi connectivity index (χ2n) is 16.7. The lowest BCUT2D eigenvalue weighted by Gasteiger charge is -2.39. The van der Waals surface area contributed by atoms with E-state index < -0.39 is 15.9 Å². The SMILES string of the molecule is CCC(C)/C(COc1ncc(S(=O)(=O)NC(=O)c2ccc(N3CCN(CC4=C(c5ccc(Cl)cc5)CC(C)(C)CC4)CC3)cc2Oc2cnc3[nH]ccc3c2)cc1Cl)=C(\C)O. The van der Waals surface area contributed by atoms with Gasteiger partial charge in [-0.3, -0.25) is 9.69 Å². The molecule has 3 aromatic heterocycles. The third kappa shape index (κ3) is 10.5. The largest absolute Gasteiger partial charge is 0.513 e. The number of carbonyl (C=O) groups excluding carboxylic acids is 1. The van der Waals surface area contributed by atoms with Gasteiger partial charge in [-0.15, -0.1) is 0 Å². The van der Waals surface area contributed by atoms with Crippen LogP contribution in [0.2, 0.25) is 10.0 Å². The molecule has 1 amide bonds. The van der Waals surface area contributed by atoms with Crippen LogP contribution in [0.4, 0.5) is 5.69 Å². The first kappa shape index (κ1) is 44.0. The number of nitrogens with one attached hydrogen (secondary N) is 2. The molecule has 1 aliphatic carbocycles. The number of nitrogens with zero attached hydrogens (tertiary/aromatic N) is 4. The highest BCUT2D eigenvalue weighted by atomic mass is 35.5. The van der Waals surface area contributed by atoms with Gasteiger partial charge < -0.3 is 24.5 Å². The van der Waals surface area contributed by atoms with Gasteiger partial charge in [0, 0.05) is 66.7 Å². The minimum atomic E-state index is -4.45. The summed E-state index contributed by atoms with van der Waals surface area (Å²) in [6.45, 7) is 14.3. The number of halogens is 2. The number of H-pyrrole nitrogens is 1. The van der Waals surface area contributed by atoms with Crippen LogP contribution >= 0.6 is 23.2 Å². The predicted octanol–water partition coefficient (Wildman–Crippen LogP) is 10.2. The molecule has 2 aliphatic rings. The van der Waals surface area contributed by atoms with Crippen molar-refractivity contribution in [2.45, 2.75) is 65.2 Å². The number of sulfonamides is 1. The fourth-order valence-electron chi connectivity index (χ4n) is 7.87. The van der Waals surface area contributed by atoms with Crippen LogP contribution < -0.4 is 19.1 Å². The Labute approximate surface area is 367 Å². The Morgan fingerprint density at radius 1 is 1.02 bits per heavy atom. The van der Waals surface area contributed by atoms with Gasteiger partial charge >= 0.3 is 0 Å². The van der Waals surface area contributed by atoms with Crippen LogP contribution in [0, 0.1) is 11.3 Å². The van der Waals surface area contributed by atoms with Gasteiger partial charge in [0.05, 0.1) is 23.7 Å². The first-order valence-electron chi connectivity index (χ1n) is 20.5. The van der Waals surface area contributed by atoms with Crippen LogP contribution in [0.5, 0.6) is 17.4 Å². The van der Waals surface area contributed by atoms with Crippen molar-refractivity contribution in [1.29, 1.82) is 0 Å². The highest BCUT2D eigenvalue weighted by molar-refractivity contribution is 7.90. The maximum atomic E-state index is 13.9. The smallest absolute Gasteiger partial charge is 0.268 e. The number of ether oxygens (including phenoxy) is 2. The zero-order valence-corrected chi connectivity index (χ0v) is 37.4. The molecular formula is C46H52Cl2N6O6S. The van der Waals surface area contributed by atoms with Crippen LogP contribution in [0.3, 0.4) is 0 Å². The van der Waals surface area contributed by atoms with E-state index in [9.17, 15) is 18.3 Å². The summed E-state index contributed by atoms with van der Waals surface area (Å²) in [4.78, 5) is 29.9. The minimum Gasteiger partial charge on any atom is -0.513 e. The van der Waals surface area contributed by atoms with E-state index in [1.807, 2.05) is 38.1 Å². The number of hydrogen-bond donors (Lipinski definition) is 3. The van der Waals surface area contributed by atoms with Crippen molar-refractivity contribution in [2.24, 2.45) is 11.3 Å². The third-order valence-corrected chi connectivity index (χ3v) is 13.5. The van der Waals surface area contributed by atoms with E-state index in [0.717, 1.165) is 80.7 Å². The summed E-state index contributed by atoms with van der Waals surface area (Å²) in [6, 6.07) is 18.2. The predicted molar refractivity (Wildman–Crippen MR) is 241 cm³/mol. The van der Waals surface area contributed by atoms with Gasteiger partial charge in [0.2, 0.25) is 5.88 Å². The number of allylic oxidation sites excluding steroid dienone is 2. The molecule has 1 atom stereocenters. The number of carbonyl (C=O) groups is 1. The molecule has 1 fully saturated rings.